The molecule has 1 amide bonds. The fraction of sp³-hybridized carbons (Fsp3) is 0.938. The first-order valence-corrected chi connectivity index (χ1v) is 7.86. The summed E-state index contributed by atoms with van der Waals surface area (Å²) in [5.41, 5.74) is -0.265. The van der Waals surface area contributed by atoms with E-state index in [1.165, 1.54) is 0 Å². The average molecular weight is 284 g/mol. The molecule has 0 bridgehead atoms. The number of amides is 1. The van der Waals surface area contributed by atoms with E-state index in [1.807, 2.05) is 25.7 Å². The molecule has 4 nitrogen and oxygen atoms in total. The molecule has 1 heterocycles. The lowest BCUT2D eigenvalue weighted by Gasteiger charge is -2.41. The van der Waals surface area contributed by atoms with Crippen LogP contribution in [-0.4, -0.2) is 42.3 Å². The summed E-state index contributed by atoms with van der Waals surface area (Å²) >= 11 is 0. The van der Waals surface area contributed by atoms with Crippen LogP contribution >= 0.6 is 0 Å². The number of likely N-dealkylation sites (tertiary alicyclic amines) is 1. The maximum Gasteiger partial charge on any atom is 0.410 e. The highest BCUT2D eigenvalue weighted by Gasteiger charge is 2.34. The van der Waals surface area contributed by atoms with Crippen molar-refractivity contribution >= 4 is 6.09 Å². The van der Waals surface area contributed by atoms with Crippen molar-refractivity contribution in [3.05, 3.63) is 0 Å². The normalized spacial score (nSPS) is 25.4. The quantitative estimate of drug-likeness (QED) is 0.860. The summed E-state index contributed by atoms with van der Waals surface area (Å²) in [4.78, 5) is 14.0. The number of nitrogens with zero attached hydrogens (tertiary/aromatic N) is 1. The third-order valence-corrected chi connectivity index (χ3v) is 3.92. The van der Waals surface area contributed by atoms with Crippen molar-refractivity contribution in [3.63, 3.8) is 0 Å². The van der Waals surface area contributed by atoms with Gasteiger partial charge >= 0.3 is 6.09 Å². The number of hydrogen-bond acceptors (Lipinski definition) is 3. The Kier molecular flexibility index (Phi) is 5.87. The van der Waals surface area contributed by atoms with Gasteiger partial charge in [-0.3, -0.25) is 0 Å². The lowest BCUT2D eigenvalue weighted by molar-refractivity contribution is 0.00653. The highest BCUT2D eigenvalue weighted by atomic mass is 16.6. The Hall–Kier alpha value is -0.770. The van der Waals surface area contributed by atoms with E-state index in [2.05, 4.69) is 26.1 Å². The molecule has 0 aromatic carbocycles. The van der Waals surface area contributed by atoms with Crippen LogP contribution in [0.15, 0.2) is 0 Å². The molecule has 1 aliphatic rings. The van der Waals surface area contributed by atoms with E-state index in [1.54, 1.807) is 0 Å². The molecule has 1 fully saturated rings. The SMILES string of the molecule is CCC(C)NCC1(C)CCCN(C(=O)OC(C)(C)C)C1. The number of rotatable bonds is 4. The minimum atomic E-state index is -0.417. The Morgan fingerprint density at radius 1 is 1.45 bits per heavy atom. The van der Waals surface area contributed by atoms with Gasteiger partial charge in [0.15, 0.2) is 0 Å². The van der Waals surface area contributed by atoms with Crippen molar-refractivity contribution in [1.82, 2.24) is 10.2 Å². The van der Waals surface area contributed by atoms with Crippen molar-refractivity contribution in [2.45, 2.75) is 72.4 Å². The Balaban J connectivity index is 2.54. The third kappa shape index (κ3) is 5.70. The van der Waals surface area contributed by atoms with Gasteiger partial charge in [-0.05, 0) is 52.4 Å². The molecule has 118 valence electrons. The van der Waals surface area contributed by atoms with Crippen molar-refractivity contribution in [2.75, 3.05) is 19.6 Å². The third-order valence-electron chi connectivity index (χ3n) is 3.92. The molecule has 0 aliphatic carbocycles. The van der Waals surface area contributed by atoms with E-state index in [0.29, 0.717) is 6.04 Å². The van der Waals surface area contributed by atoms with Gasteiger partial charge < -0.3 is 15.0 Å². The zero-order chi connectivity index (χ0) is 15.4. The molecular weight excluding hydrogens is 252 g/mol. The molecule has 0 aromatic rings. The molecule has 0 radical (unpaired) electrons. The zero-order valence-corrected chi connectivity index (χ0v) is 14.1. The summed E-state index contributed by atoms with van der Waals surface area (Å²) < 4.78 is 5.48. The second-order valence-electron chi connectivity index (χ2n) is 7.51. The number of nitrogens with one attached hydrogen (secondary N) is 1. The Morgan fingerprint density at radius 3 is 2.65 bits per heavy atom. The molecule has 0 saturated carbocycles. The zero-order valence-electron chi connectivity index (χ0n) is 14.1. The summed E-state index contributed by atoms with van der Waals surface area (Å²) in [5, 5.41) is 3.57. The number of piperidine rings is 1. The van der Waals surface area contributed by atoms with Gasteiger partial charge in [0.25, 0.3) is 0 Å². The molecule has 0 spiro atoms. The minimum Gasteiger partial charge on any atom is -0.444 e. The number of carbonyl (C=O) groups excluding carboxylic acids is 1. The Morgan fingerprint density at radius 2 is 2.10 bits per heavy atom. The van der Waals surface area contributed by atoms with Gasteiger partial charge in [0.1, 0.15) is 5.60 Å². The summed E-state index contributed by atoms with van der Waals surface area (Å²) in [6, 6.07) is 0.531. The van der Waals surface area contributed by atoms with Gasteiger partial charge in [-0.1, -0.05) is 13.8 Å². The first-order chi connectivity index (χ1) is 9.15. The van der Waals surface area contributed by atoms with Gasteiger partial charge in [-0.2, -0.15) is 0 Å². The molecule has 1 aliphatic heterocycles. The van der Waals surface area contributed by atoms with Crippen LogP contribution in [-0.2, 0) is 4.74 Å². The predicted octanol–water partition coefficient (Wildman–Crippen LogP) is 3.41. The second-order valence-corrected chi connectivity index (χ2v) is 7.51. The molecule has 1 rings (SSSR count). The smallest absolute Gasteiger partial charge is 0.410 e. The van der Waals surface area contributed by atoms with Crippen LogP contribution in [0.2, 0.25) is 0 Å². The number of hydrogen-bond donors (Lipinski definition) is 1. The van der Waals surface area contributed by atoms with Crippen LogP contribution in [0.25, 0.3) is 0 Å². The average Bonchev–Trinajstić information content (AvgIpc) is 2.34. The molecule has 20 heavy (non-hydrogen) atoms. The van der Waals surface area contributed by atoms with Gasteiger partial charge in [0.05, 0.1) is 0 Å². The number of carbonyl (C=O) groups is 1. The van der Waals surface area contributed by atoms with Crippen LogP contribution in [0, 0.1) is 5.41 Å². The molecule has 4 heteroatoms. The summed E-state index contributed by atoms with van der Waals surface area (Å²) in [6.07, 6.45) is 3.17. The van der Waals surface area contributed by atoms with Gasteiger partial charge in [-0.15, -0.1) is 0 Å². The standard InChI is InChI=1S/C16H32N2O2/c1-7-13(2)17-11-16(6)9-8-10-18(12-16)14(19)20-15(3,4)5/h13,17H,7-12H2,1-6H3. The van der Waals surface area contributed by atoms with Crippen LogP contribution < -0.4 is 5.32 Å². The summed E-state index contributed by atoms with van der Waals surface area (Å²) in [6.45, 7) is 15.0. The Bertz CT molecular complexity index is 325. The number of ether oxygens (including phenoxy) is 1. The summed E-state index contributed by atoms with van der Waals surface area (Å²) in [5.74, 6) is 0. The minimum absolute atomic E-state index is 0.151. The van der Waals surface area contributed by atoms with Crippen molar-refractivity contribution in [3.8, 4) is 0 Å². The molecule has 0 aromatic heterocycles. The highest BCUT2D eigenvalue weighted by molar-refractivity contribution is 5.68. The van der Waals surface area contributed by atoms with E-state index >= 15 is 0 Å². The molecular formula is C16H32N2O2. The molecule has 1 N–H and O–H groups in total. The van der Waals surface area contributed by atoms with Gasteiger partial charge in [0, 0.05) is 25.7 Å². The fourth-order valence-corrected chi connectivity index (χ4v) is 2.51. The van der Waals surface area contributed by atoms with Crippen LogP contribution in [0.1, 0.15) is 60.8 Å². The fourth-order valence-electron chi connectivity index (χ4n) is 2.51. The van der Waals surface area contributed by atoms with Crippen molar-refractivity contribution < 1.29 is 9.53 Å². The topological polar surface area (TPSA) is 41.6 Å². The van der Waals surface area contributed by atoms with Crippen molar-refractivity contribution in [1.29, 1.82) is 0 Å². The second kappa shape index (κ2) is 6.79. The lowest BCUT2D eigenvalue weighted by atomic mass is 9.81. The van der Waals surface area contributed by atoms with E-state index in [-0.39, 0.29) is 11.5 Å². The maximum atomic E-state index is 12.2. The van der Waals surface area contributed by atoms with E-state index in [4.69, 9.17) is 4.74 Å². The highest BCUT2D eigenvalue weighted by Crippen LogP contribution is 2.29. The van der Waals surface area contributed by atoms with Crippen LogP contribution in [0.5, 0.6) is 0 Å². The largest absolute Gasteiger partial charge is 0.444 e. The van der Waals surface area contributed by atoms with Crippen molar-refractivity contribution in [2.24, 2.45) is 5.41 Å². The van der Waals surface area contributed by atoms with E-state index in [9.17, 15) is 4.79 Å². The maximum absolute atomic E-state index is 12.2. The van der Waals surface area contributed by atoms with Crippen LogP contribution in [0.4, 0.5) is 4.79 Å². The summed E-state index contributed by atoms with van der Waals surface area (Å²) in [7, 11) is 0. The van der Waals surface area contributed by atoms with Gasteiger partial charge in [0.2, 0.25) is 0 Å². The van der Waals surface area contributed by atoms with Gasteiger partial charge in [-0.25, -0.2) is 4.79 Å². The predicted molar refractivity (Wildman–Crippen MR) is 82.9 cm³/mol. The first-order valence-electron chi connectivity index (χ1n) is 7.86. The molecule has 2 atom stereocenters. The Labute approximate surface area is 124 Å². The molecule has 2 unspecified atom stereocenters. The van der Waals surface area contributed by atoms with E-state index in [0.717, 1.165) is 38.9 Å². The van der Waals surface area contributed by atoms with E-state index < -0.39 is 5.60 Å². The lowest BCUT2D eigenvalue weighted by Crippen LogP contribution is -2.50. The first kappa shape index (κ1) is 17.3. The van der Waals surface area contributed by atoms with Crippen LogP contribution in [0.3, 0.4) is 0 Å². The molecule has 1 saturated heterocycles. The monoisotopic (exact) mass is 284 g/mol.